The summed E-state index contributed by atoms with van der Waals surface area (Å²) in [6, 6.07) is 5.17. The van der Waals surface area contributed by atoms with Gasteiger partial charge in [-0.2, -0.15) is 26.3 Å². The summed E-state index contributed by atoms with van der Waals surface area (Å²) in [4.78, 5) is 16.7. The number of nitrogens with zero attached hydrogens (tertiary/aromatic N) is 2. The molecule has 0 bridgehead atoms. The molecular weight excluding hydrogens is 374 g/mol. The highest BCUT2D eigenvalue weighted by atomic mass is 19.4. The molecule has 2 heterocycles. The zero-order chi connectivity index (χ0) is 20.0. The third-order valence-corrected chi connectivity index (χ3v) is 4.77. The predicted octanol–water partition coefficient (Wildman–Crippen LogP) is 5.23. The number of rotatable bonds is 2. The van der Waals surface area contributed by atoms with Gasteiger partial charge in [-0.1, -0.05) is 6.07 Å². The molecule has 0 amide bonds. The van der Waals surface area contributed by atoms with Gasteiger partial charge in [0.25, 0.3) is 0 Å². The van der Waals surface area contributed by atoms with Crippen LogP contribution in [0.15, 0.2) is 24.3 Å². The molecule has 1 aromatic heterocycles. The average molecular weight is 390 g/mol. The summed E-state index contributed by atoms with van der Waals surface area (Å²) < 4.78 is 78.3. The minimum atomic E-state index is -4.71. The lowest BCUT2D eigenvalue weighted by Gasteiger charge is -2.34. The molecule has 1 fully saturated rings. The molecule has 1 aromatic carbocycles. The van der Waals surface area contributed by atoms with Crippen molar-refractivity contribution in [3.8, 4) is 0 Å². The van der Waals surface area contributed by atoms with Crippen LogP contribution >= 0.6 is 0 Å². The maximum atomic E-state index is 13.2. The van der Waals surface area contributed by atoms with Crippen molar-refractivity contribution in [1.82, 2.24) is 4.98 Å². The molecule has 1 saturated heterocycles. The van der Waals surface area contributed by atoms with E-state index in [0.29, 0.717) is 5.39 Å². The third-order valence-electron chi connectivity index (χ3n) is 4.77. The first-order chi connectivity index (χ1) is 12.5. The van der Waals surface area contributed by atoms with Gasteiger partial charge in [0, 0.05) is 24.0 Å². The van der Waals surface area contributed by atoms with Crippen molar-refractivity contribution < 1.29 is 31.1 Å². The number of pyridine rings is 1. The van der Waals surface area contributed by atoms with Crippen LogP contribution < -0.4 is 4.90 Å². The fourth-order valence-corrected chi connectivity index (χ4v) is 3.26. The smallest absolute Gasteiger partial charge is 0.356 e. The second-order valence-corrected chi connectivity index (χ2v) is 6.62. The summed E-state index contributed by atoms with van der Waals surface area (Å²) in [7, 11) is 0. The van der Waals surface area contributed by atoms with Crippen molar-refractivity contribution in [2.75, 3.05) is 18.0 Å². The van der Waals surface area contributed by atoms with Crippen LogP contribution in [0.4, 0.5) is 32.2 Å². The summed E-state index contributed by atoms with van der Waals surface area (Å²) in [5.41, 5.74) is -0.882. The van der Waals surface area contributed by atoms with Gasteiger partial charge in [-0.25, -0.2) is 4.98 Å². The van der Waals surface area contributed by atoms with Crippen molar-refractivity contribution >= 4 is 22.4 Å². The number of carbonyl (C=O) groups is 1. The lowest BCUT2D eigenvalue weighted by molar-refractivity contribution is -0.179. The molecule has 0 unspecified atom stereocenters. The molecule has 9 heteroatoms. The zero-order valence-electron chi connectivity index (χ0n) is 14.3. The van der Waals surface area contributed by atoms with Gasteiger partial charge in [-0.3, -0.25) is 4.79 Å². The van der Waals surface area contributed by atoms with Gasteiger partial charge in [0.05, 0.1) is 5.92 Å². The number of benzene rings is 1. The van der Waals surface area contributed by atoms with Gasteiger partial charge in [0.15, 0.2) is 5.78 Å². The van der Waals surface area contributed by atoms with E-state index in [2.05, 4.69) is 4.98 Å². The Morgan fingerprint density at radius 2 is 1.70 bits per heavy atom. The van der Waals surface area contributed by atoms with Crippen molar-refractivity contribution in [1.29, 1.82) is 0 Å². The molecule has 0 spiro atoms. The van der Waals surface area contributed by atoms with Crippen LogP contribution in [0, 0.1) is 5.92 Å². The van der Waals surface area contributed by atoms with Gasteiger partial charge in [0.2, 0.25) is 0 Å². The first-order valence-electron chi connectivity index (χ1n) is 8.31. The standard InChI is InChI=1S/C18H16F6N2O/c1-10(27)11-2-3-14-12(8-11)9-15(18(22,23)24)25-16(14)26-6-4-13(5-7-26)17(19,20)21/h2-3,8-9,13H,4-7H2,1H3. The summed E-state index contributed by atoms with van der Waals surface area (Å²) in [5.74, 6) is -1.76. The van der Waals surface area contributed by atoms with Crippen molar-refractivity contribution in [3.63, 3.8) is 0 Å². The third kappa shape index (κ3) is 4.01. The Bertz CT molecular complexity index is 867. The first-order valence-corrected chi connectivity index (χ1v) is 8.31. The minimum Gasteiger partial charge on any atom is -0.356 e. The number of aromatic nitrogens is 1. The number of hydrogen-bond donors (Lipinski definition) is 0. The second kappa shape index (κ2) is 6.69. The molecule has 27 heavy (non-hydrogen) atoms. The summed E-state index contributed by atoms with van der Waals surface area (Å²) >= 11 is 0. The quantitative estimate of drug-likeness (QED) is 0.520. The Kier molecular flexibility index (Phi) is 4.81. The fourth-order valence-electron chi connectivity index (χ4n) is 3.26. The van der Waals surface area contributed by atoms with Gasteiger partial charge in [0.1, 0.15) is 11.5 Å². The van der Waals surface area contributed by atoms with E-state index in [-0.39, 0.29) is 48.5 Å². The maximum absolute atomic E-state index is 13.2. The van der Waals surface area contributed by atoms with E-state index in [1.54, 1.807) is 0 Å². The van der Waals surface area contributed by atoms with Gasteiger partial charge < -0.3 is 4.90 Å². The number of hydrogen-bond acceptors (Lipinski definition) is 3. The van der Waals surface area contributed by atoms with E-state index in [4.69, 9.17) is 0 Å². The van der Waals surface area contributed by atoms with Crippen LogP contribution in [0.1, 0.15) is 35.8 Å². The van der Waals surface area contributed by atoms with Gasteiger partial charge >= 0.3 is 12.4 Å². The van der Waals surface area contributed by atoms with E-state index in [0.717, 1.165) is 6.07 Å². The Labute approximate surface area is 151 Å². The highest BCUT2D eigenvalue weighted by molar-refractivity contribution is 6.01. The molecule has 1 aliphatic heterocycles. The number of ketones is 1. The number of Topliss-reactive ketones (excluding diaryl/α,β-unsaturated/α-hetero) is 1. The number of piperidine rings is 1. The highest BCUT2D eigenvalue weighted by Crippen LogP contribution is 2.38. The molecule has 0 aliphatic carbocycles. The van der Waals surface area contributed by atoms with Crippen LogP contribution in [-0.4, -0.2) is 30.0 Å². The van der Waals surface area contributed by atoms with Crippen LogP contribution in [0.5, 0.6) is 0 Å². The summed E-state index contributed by atoms with van der Waals surface area (Å²) in [6.07, 6.45) is -9.42. The fraction of sp³-hybridized carbons (Fsp3) is 0.444. The molecule has 0 N–H and O–H groups in total. The van der Waals surface area contributed by atoms with Crippen molar-refractivity contribution in [3.05, 3.63) is 35.5 Å². The molecule has 0 radical (unpaired) electrons. The van der Waals surface area contributed by atoms with E-state index in [1.807, 2.05) is 0 Å². The van der Waals surface area contributed by atoms with Gasteiger partial charge in [-0.15, -0.1) is 0 Å². The normalized spacial score (nSPS) is 16.8. The van der Waals surface area contributed by atoms with E-state index >= 15 is 0 Å². The van der Waals surface area contributed by atoms with Crippen LogP contribution in [0.2, 0.25) is 0 Å². The predicted molar refractivity (Wildman–Crippen MR) is 87.7 cm³/mol. The van der Waals surface area contributed by atoms with Crippen LogP contribution in [0.25, 0.3) is 10.8 Å². The molecule has 3 rings (SSSR count). The van der Waals surface area contributed by atoms with E-state index < -0.39 is 24.0 Å². The number of carbonyl (C=O) groups excluding carboxylic acids is 1. The topological polar surface area (TPSA) is 33.2 Å². The Hall–Kier alpha value is -2.32. The molecule has 0 saturated carbocycles. The number of anilines is 1. The molecule has 1 aliphatic rings. The first kappa shape index (κ1) is 19.4. The van der Waals surface area contributed by atoms with Crippen LogP contribution in [-0.2, 0) is 6.18 Å². The monoisotopic (exact) mass is 390 g/mol. The molecule has 146 valence electrons. The zero-order valence-corrected chi connectivity index (χ0v) is 14.3. The molecular formula is C18H16F6N2O. The van der Waals surface area contributed by atoms with Crippen molar-refractivity contribution in [2.45, 2.75) is 32.1 Å². The number of fused-ring (bicyclic) bond motifs is 1. The van der Waals surface area contributed by atoms with E-state index in [1.165, 1.54) is 30.0 Å². The summed E-state index contributed by atoms with van der Waals surface area (Å²) in [5, 5.41) is 0.552. The minimum absolute atomic E-state index is 0.00412. The average Bonchev–Trinajstić information content (AvgIpc) is 2.58. The summed E-state index contributed by atoms with van der Waals surface area (Å²) in [6.45, 7) is 1.22. The number of alkyl halides is 6. The lowest BCUT2D eigenvalue weighted by Crippen LogP contribution is -2.39. The highest BCUT2D eigenvalue weighted by Gasteiger charge is 2.42. The lowest BCUT2D eigenvalue weighted by atomic mass is 9.95. The Morgan fingerprint density at radius 3 is 2.22 bits per heavy atom. The second-order valence-electron chi connectivity index (χ2n) is 6.62. The SMILES string of the molecule is CC(=O)c1ccc2c(N3CCC(C(F)(F)F)CC3)nc(C(F)(F)F)cc2c1. The Morgan fingerprint density at radius 1 is 1.07 bits per heavy atom. The van der Waals surface area contributed by atoms with Crippen molar-refractivity contribution in [2.24, 2.45) is 5.92 Å². The van der Waals surface area contributed by atoms with Gasteiger partial charge in [-0.05, 0) is 43.4 Å². The molecule has 3 nitrogen and oxygen atoms in total. The maximum Gasteiger partial charge on any atom is 0.433 e. The Balaban J connectivity index is 2.05. The largest absolute Gasteiger partial charge is 0.433 e. The molecule has 0 atom stereocenters. The number of halogens is 6. The van der Waals surface area contributed by atoms with E-state index in [9.17, 15) is 31.1 Å². The molecule has 2 aromatic rings. The van der Waals surface area contributed by atoms with Crippen LogP contribution in [0.3, 0.4) is 0 Å².